The van der Waals surface area contributed by atoms with Crippen LogP contribution in [0.15, 0.2) is 29.3 Å². The maximum Gasteiger partial charge on any atom is 0.331 e. The summed E-state index contributed by atoms with van der Waals surface area (Å²) in [6.07, 6.45) is 0. The van der Waals surface area contributed by atoms with Crippen molar-refractivity contribution in [2.24, 2.45) is 0 Å². The summed E-state index contributed by atoms with van der Waals surface area (Å²) < 4.78 is 0. The van der Waals surface area contributed by atoms with Crippen LogP contribution in [0.3, 0.4) is 0 Å². The van der Waals surface area contributed by atoms with Crippen molar-refractivity contribution >= 4 is 23.3 Å². The molecule has 0 saturated heterocycles. The minimum atomic E-state index is -1.19. The van der Waals surface area contributed by atoms with Gasteiger partial charge < -0.3 is 10.4 Å². The number of hydrogen-bond donors (Lipinski definition) is 2. The average Bonchev–Trinajstić information content (AvgIpc) is 2.38. The molecule has 7 nitrogen and oxygen atoms in total. The average molecular weight is 278 g/mol. The summed E-state index contributed by atoms with van der Waals surface area (Å²) in [4.78, 5) is 32.8. The Morgan fingerprint density at radius 2 is 1.85 bits per heavy atom. The Balaban J connectivity index is 3.08. The van der Waals surface area contributed by atoms with Gasteiger partial charge in [-0.15, -0.1) is 0 Å². The molecular formula is C13H14N2O5. The number of carboxylic acids is 1. The van der Waals surface area contributed by atoms with Crippen LogP contribution in [-0.4, -0.2) is 21.9 Å². The van der Waals surface area contributed by atoms with Crippen LogP contribution < -0.4 is 5.32 Å². The second-order valence-electron chi connectivity index (χ2n) is 4.27. The lowest BCUT2D eigenvalue weighted by Gasteiger charge is -2.09. The Morgan fingerprint density at radius 1 is 1.25 bits per heavy atom. The highest BCUT2D eigenvalue weighted by Crippen LogP contribution is 2.22. The molecule has 0 heterocycles. The van der Waals surface area contributed by atoms with Crippen LogP contribution in [0.4, 0.5) is 11.4 Å². The second kappa shape index (κ2) is 5.96. The second-order valence-corrected chi connectivity index (χ2v) is 4.27. The predicted molar refractivity (Wildman–Crippen MR) is 72.5 cm³/mol. The number of nitro benzene ring substituents is 1. The van der Waals surface area contributed by atoms with Crippen molar-refractivity contribution in [2.75, 3.05) is 5.32 Å². The molecule has 2 N–H and O–H groups in total. The van der Waals surface area contributed by atoms with E-state index in [1.165, 1.54) is 32.0 Å². The van der Waals surface area contributed by atoms with Crippen molar-refractivity contribution in [3.63, 3.8) is 0 Å². The molecule has 106 valence electrons. The number of aliphatic carboxylic acids is 1. The molecule has 1 rings (SSSR count). The van der Waals surface area contributed by atoms with Gasteiger partial charge in [0.15, 0.2) is 0 Å². The standard InChI is InChI=1S/C13H14N2O5/c1-7-4-5-10(15(19)20)6-11(7)14-12(16)8(2)9(3)13(17)18/h4-6H,1-3H3,(H,14,16)(H,17,18). The van der Waals surface area contributed by atoms with Gasteiger partial charge in [-0.1, -0.05) is 6.07 Å². The number of aryl methyl sites for hydroxylation is 1. The number of nitro groups is 1. The van der Waals surface area contributed by atoms with E-state index < -0.39 is 16.8 Å². The smallest absolute Gasteiger partial charge is 0.331 e. The van der Waals surface area contributed by atoms with Crippen LogP contribution in [0.25, 0.3) is 0 Å². The number of rotatable bonds is 4. The summed E-state index contributed by atoms with van der Waals surface area (Å²) in [6.45, 7) is 4.38. The van der Waals surface area contributed by atoms with E-state index in [2.05, 4.69) is 5.32 Å². The number of benzene rings is 1. The largest absolute Gasteiger partial charge is 0.478 e. The number of hydrogen-bond acceptors (Lipinski definition) is 4. The summed E-state index contributed by atoms with van der Waals surface area (Å²) in [6, 6.07) is 4.07. The molecule has 1 aromatic carbocycles. The van der Waals surface area contributed by atoms with Gasteiger partial charge in [-0.05, 0) is 26.3 Å². The number of nitrogens with one attached hydrogen (secondary N) is 1. The van der Waals surface area contributed by atoms with E-state index in [1.54, 1.807) is 6.92 Å². The molecule has 0 aliphatic carbocycles. The molecule has 0 fully saturated rings. The van der Waals surface area contributed by atoms with Crippen molar-refractivity contribution in [3.05, 3.63) is 45.0 Å². The molecule has 0 aliphatic rings. The van der Waals surface area contributed by atoms with Gasteiger partial charge >= 0.3 is 5.97 Å². The minimum Gasteiger partial charge on any atom is -0.478 e. The topological polar surface area (TPSA) is 110 Å². The lowest BCUT2D eigenvalue weighted by atomic mass is 10.1. The van der Waals surface area contributed by atoms with Gasteiger partial charge in [-0.25, -0.2) is 4.79 Å². The first kappa shape index (κ1) is 15.4. The van der Waals surface area contributed by atoms with Crippen LogP contribution in [0, 0.1) is 17.0 Å². The molecule has 0 aromatic heterocycles. The van der Waals surface area contributed by atoms with Gasteiger partial charge in [0.25, 0.3) is 11.6 Å². The molecule has 0 saturated carbocycles. The molecule has 0 unspecified atom stereocenters. The van der Waals surface area contributed by atoms with Crippen LogP contribution in [0.1, 0.15) is 19.4 Å². The number of carboxylic acid groups (broad SMARTS) is 1. The van der Waals surface area contributed by atoms with Gasteiger partial charge in [-0.2, -0.15) is 0 Å². The highest BCUT2D eigenvalue weighted by molar-refractivity contribution is 6.08. The number of carbonyl (C=O) groups is 2. The lowest BCUT2D eigenvalue weighted by molar-refractivity contribution is -0.384. The van der Waals surface area contributed by atoms with E-state index >= 15 is 0 Å². The van der Waals surface area contributed by atoms with Gasteiger partial charge in [0.2, 0.25) is 0 Å². The number of anilines is 1. The molecule has 20 heavy (non-hydrogen) atoms. The molecule has 1 aromatic rings. The predicted octanol–water partition coefficient (Wildman–Crippen LogP) is 2.26. The van der Waals surface area contributed by atoms with Gasteiger partial charge in [0, 0.05) is 23.3 Å². The van der Waals surface area contributed by atoms with E-state index in [1.807, 2.05) is 0 Å². The van der Waals surface area contributed by atoms with E-state index in [4.69, 9.17) is 5.11 Å². The Labute approximate surface area is 115 Å². The summed E-state index contributed by atoms with van der Waals surface area (Å²) in [5.41, 5.74) is 0.739. The Kier molecular flexibility index (Phi) is 4.58. The van der Waals surface area contributed by atoms with Gasteiger partial charge in [0.05, 0.1) is 10.6 Å². The normalized spacial score (nSPS) is 11.6. The quantitative estimate of drug-likeness (QED) is 0.498. The summed E-state index contributed by atoms with van der Waals surface area (Å²) in [5.74, 6) is -1.79. The van der Waals surface area contributed by atoms with Crippen LogP contribution in [0.5, 0.6) is 0 Å². The Morgan fingerprint density at radius 3 is 2.35 bits per heavy atom. The van der Waals surface area contributed by atoms with Crippen molar-refractivity contribution in [1.82, 2.24) is 0 Å². The minimum absolute atomic E-state index is 0.0448. The number of nitrogens with zero attached hydrogens (tertiary/aromatic N) is 1. The molecular weight excluding hydrogens is 264 g/mol. The van der Waals surface area contributed by atoms with Crippen molar-refractivity contribution < 1.29 is 19.6 Å². The van der Waals surface area contributed by atoms with E-state index in [-0.39, 0.29) is 22.5 Å². The first-order valence-electron chi connectivity index (χ1n) is 5.71. The lowest BCUT2D eigenvalue weighted by Crippen LogP contribution is -2.17. The number of amides is 1. The first-order valence-corrected chi connectivity index (χ1v) is 5.71. The molecule has 7 heteroatoms. The van der Waals surface area contributed by atoms with Crippen molar-refractivity contribution in [3.8, 4) is 0 Å². The first-order chi connectivity index (χ1) is 9.23. The molecule has 0 atom stereocenters. The summed E-state index contributed by atoms with van der Waals surface area (Å²) >= 11 is 0. The third kappa shape index (κ3) is 3.41. The highest BCUT2D eigenvalue weighted by Gasteiger charge is 2.15. The molecule has 0 spiro atoms. The fourth-order valence-electron chi connectivity index (χ4n) is 1.40. The van der Waals surface area contributed by atoms with Crippen LogP contribution >= 0.6 is 0 Å². The fraction of sp³-hybridized carbons (Fsp3) is 0.231. The van der Waals surface area contributed by atoms with Gasteiger partial charge in [0.1, 0.15) is 0 Å². The third-order valence-electron chi connectivity index (χ3n) is 2.90. The SMILES string of the molecule is CC(C(=O)O)=C(C)C(=O)Nc1cc([N+](=O)[O-])ccc1C. The Hall–Kier alpha value is -2.70. The maximum absolute atomic E-state index is 11.9. The number of non-ortho nitro benzene ring substituents is 1. The van der Waals surface area contributed by atoms with Gasteiger partial charge in [-0.3, -0.25) is 14.9 Å². The zero-order valence-electron chi connectivity index (χ0n) is 11.3. The zero-order chi connectivity index (χ0) is 15.4. The monoisotopic (exact) mass is 278 g/mol. The van der Waals surface area contributed by atoms with E-state index in [0.29, 0.717) is 5.56 Å². The highest BCUT2D eigenvalue weighted by atomic mass is 16.6. The molecule has 0 radical (unpaired) electrons. The van der Waals surface area contributed by atoms with E-state index in [9.17, 15) is 19.7 Å². The van der Waals surface area contributed by atoms with Crippen molar-refractivity contribution in [2.45, 2.75) is 20.8 Å². The fourth-order valence-corrected chi connectivity index (χ4v) is 1.40. The van der Waals surface area contributed by atoms with Crippen LogP contribution in [0.2, 0.25) is 0 Å². The van der Waals surface area contributed by atoms with Crippen molar-refractivity contribution in [1.29, 1.82) is 0 Å². The summed E-state index contributed by atoms with van der Waals surface area (Å²) in [5, 5.41) is 22.0. The maximum atomic E-state index is 11.9. The molecule has 0 aliphatic heterocycles. The molecule has 0 bridgehead atoms. The third-order valence-corrected chi connectivity index (χ3v) is 2.90. The van der Waals surface area contributed by atoms with Crippen LogP contribution in [-0.2, 0) is 9.59 Å². The Bertz CT molecular complexity index is 619. The summed E-state index contributed by atoms with van der Waals surface area (Å²) in [7, 11) is 0. The number of carbonyl (C=O) groups excluding carboxylic acids is 1. The van der Waals surface area contributed by atoms with E-state index in [0.717, 1.165) is 0 Å². The zero-order valence-corrected chi connectivity index (χ0v) is 11.3. The molecule has 1 amide bonds.